The quantitative estimate of drug-likeness (QED) is 0.202. The Labute approximate surface area is 189 Å². The van der Waals surface area contributed by atoms with Crippen LogP contribution in [0.4, 0.5) is 18.0 Å². The molecule has 1 aliphatic heterocycles. The number of aliphatic imine (C=N–C) groups is 1. The predicted octanol–water partition coefficient (Wildman–Crippen LogP) is 2.16. The normalized spacial score (nSPS) is 14.3. The Morgan fingerprint density at radius 1 is 1.30 bits per heavy atom. The number of guanidine groups is 1. The molecule has 0 bridgehead atoms. The van der Waals surface area contributed by atoms with Crippen molar-refractivity contribution >= 4 is 41.9 Å². The highest BCUT2D eigenvalue weighted by atomic mass is 127. The summed E-state index contributed by atoms with van der Waals surface area (Å²) >= 11 is 0. The molecule has 1 aliphatic rings. The van der Waals surface area contributed by atoms with Gasteiger partial charge >= 0.3 is 12.2 Å². The number of aryl methyl sites for hydroxylation is 1. The Morgan fingerprint density at radius 3 is 2.63 bits per heavy atom. The number of amides is 3. The number of nitrogens with one attached hydrogen (secondary N) is 3. The Bertz CT molecular complexity index is 758. The number of imide groups is 1. The fourth-order valence-corrected chi connectivity index (χ4v) is 2.56. The van der Waals surface area contributed by atoms with E-state index in [0.29, 0.717) is 18.1 Å². The van der Waals surface area contributed by atoms with Gasteiger partial charge in [-0.2, -0.15) is 13.2 Å². The van der Waals surface area contributed by atoms with Crippen LogP contribution < -0.4 is 20.7 Å². The number of benzene rings is 1. The second kappa shape index (κ2) is 11.8. The second-order valence-corrected chi connectivity index (χ2v) is 6.34. The lowest BCUT2D eigenvalue weighted by molar-refractivity contribution is -0.153. The van der Waals surface area contributed by atoms with Crippen molar-refractivity contribution in [2.45, 2.75) is 26.6 Å². The fourth-order valence-electron chi connectivity index (χ4n) is 2.56. The summed E-state index contributed by atoms with van der Waals surface area (Å²) in [7, 11) is 0. The predicted molar refractivity (Wildman–Crippen MR) is 116 cm³/mol. The molecule has 0 spiro atoms. The number of nitrogens with zero attached hydrogens (tertiary/aromatic N) is 2. The average Bonchev–Trinajstić information content (AvgIpc) is 2.96. The summed E-state index contributed by atoms with van der Waals surface area (Å²) in [5.41, 5.74) is 1.28. The van der Waals surface area contributed by atoms with Crippen molar-refractivity contribution in [2.24, 2.45) is 4.99 Å². The van der Waals surface area contributed by atoms with Gasteiger partial charge in [0.25, 0.3) is 0 Å². The van der Waals surface area contributed by atoms with E-state index in [2.05, 4.69) is 20.9 Å². The average molecular weight is 543 g/mol. The number of halogens is 4. The molecule has 1 saturated heterocycles. The van der Waals surface area contributed by atoms with Crippen LogP contribution in [0.15, 0.2) is 23.2 Å². The second-order valence-electron chi connectivity index (χ2n) is 6.34. The smallest absolute Gasteiger partial charge is 0.422 e. The molecule has 12 heteroatoms. The van der Waals surface area contributed by atoms with Gasteiger partial charge in [0, 0.05) is 25.2 Å². The first-order chi connectivity index (χ1) is 13.7. The van der Waals surface area contributed by atoms with Crippen molar-refractivity contribution in [3.05, 3.63) is 29.3 Å². The monoisotopic (exact) mass is 543 g/mol. The lowest BCUT2D eigenvalue weighted by atomic mass is 10.1. The first kappa shape index (κ1) is 25.8. The summed E-state index contributed by atoms with van der Waals surface area (Å²) < 4.78 is 42.4. The third-order valence-corrected chi connectivity index (χ3v) is 3.93. The standard InChI is InChI=1S/C18H24F3N5O3.HI/c1-3-22-16(23-6-7-26-15(27)10-25-17(26)28)24-9-13-5-4-12(2)8-14(13)29-11-18(19,20)21;/h4-5,8H,3,6-7,9-11H2,1-2H3,(H,25,28)(H2,22,23,24);1H. The fraction of sp³-hybridized carbons (Fsp3) is 0.500. The third kappa shape index (κ3) is 8.24. The van der Waals surface area contributed by atoms with Gasteiger partial charge in [0.2, 0.25) is 5.91 Å². The molecule has 0 aromatic heterocycles. The highest BCUT2D eigenvalue weighted by molar-refractivity contribution is 14.0. The molecule has 1 fully saturated rings. The number of alkyl halides is 3. The molecule has 3 N–H and O–H groups in total. The van der Waals surface area contributed by atoms with E-state index in [1.165, 1.54) is 6.07 Å². The van der Waals surface area contributed by atoms with Crippen LogP contribution in [0, 0.1) is 6.92 Å². The molecule has 2 rings (SSSR count). The molecule has 0 unspecified atom stereocenters. The van der Waals surface area contributed by atoms with Gasteiger partial charge in [0.05, 0.1) is 13.1 Å². The molecular formula is C18H25F3IN5O3. The summed E-state index contributed by atoms with van der Waals surface area (Å²) in [6, 6.07) is 4.53. The maximum absolute atomic E-state index is 12.5. The van der Waals surface area contributed by atoms with Crippen LogP contribution >= 0.6 is 24.0 Å². The van der Waals surface area contributed by atoms with Gasteiger partial charge in [0.1, 0.15) is 5.75 Å². The summed E-state index contributed by atoms with van der Waals surface area (Å²) in [5, 5.41) is 8.42. The van der Waals surface area contributed by atoms with Crippen LogP contribution in [0.5, 0.6) is 5.75 Å². The molecule has 0 atom stereocenters. The zero-order valence-electron chi connectivity index (χ0n) is 16.6. The van der Waals surface area contributed by atoms with E-state index in [-0.39, 0.29) is 61.8 Å². The lowest BCUT2D eigenvalue weighted by Crippen LogP contribution is -2.43. The number of carbonyl (C=O) groups excluding carboxylic acids is 2. The topological polar surface area (TPSA) is 95.1 Å². The Kier molecular flexibility index (Phi) is 10.2. The van der Waals surface area contributed by atoms with E-state index in [1.54, 1.807) is 19.1 Å². The van der Waals surface area contributed by atoms with Gasteiger partial charge in [-0.15, -0.1) is 24.0 Å². The van der Waals surface area contributed by atoms with Gasteiger partial charge in [0.15, 0.2) is 12.6 Å². The van der Waals surface area contributed by atoms with Crippen molar-refractivity contribution in [1.29, 1.82) is 0 Å². The van der Waals surface area contributed by atoms with E-state index >= 15 is 0 Å². The number of rotatable bonds is 8. The largest absolute Gasteiger partial charge is 0.484 e. The minimum Gasteiger partial charge on any atom is -0.484 e. The molecule has 168 valence electrons. The summed E-state index contributed by atoms with van der Waals surface area (Å²) in [4.78, 5) is 28.5. The van der Waals surface area contributed by atoms with E-state index < -0.39 is 18.8 Å². The molecule has 8 nitrogen and oxygen atoms in total. The number of carbonyl (C=O) groups is 2. The third-order valence-electron chi connectivity index (χ3n) is 3.93. The molecule has 0 radical (unpaired) electrons. The van der Waals surface area contributed by atoms with Crippen LogP contribution in [0.2, 0.25) is 0 Å². The van der Waals surface area contributed by atoms with Crippen LogP contribution in [-0.2, 0) is 11.3 Å². The van der Waals surface area contributed by atoms with E-state index in [9.17, 15) is 22.8 Å². The molecule has 1 aromatic carbocycles. The Hall–Kier alpha value is -2.25. The van der Waals surface area contributed by atoms with Crippen molar-refractivity contribution in [3.8, 4) is 5.75 Å². The van der Waals surface area contributed by atoms with Gasteiger partial charge in [-0.25, -0.2) is 9.79 Å². The minimum absolute atomic E-state index is 0. The number of ether oxygens (including phenoxy) is 1. The van der Waals surface area contributed by atoms with Crippen LogP contribution in [0.1, 0.15) is 18.1 Å². The van der Waals surface area contributed by atoms with E-state index in [0.717, 1.165) is 10.5 Å². The van der Waals surface area contributed by atoms with Crippen molar-refractivity contribution in [3.63, 3.8) is 0 Å². The van der Waals surface area contributed by atoms with Crippen LogP contribution in [-0.4, -0.2) is 61.8 Å². The van der Waals surface area contributed by atoms with E-state index in [1.807, 2.05) is 6.92 Å². The molecule has 30 heavy (non-hydrogen) atoms. The Morgan fingerprint density at radius 2 is 2.03 bits per heavy atom. The number of hydrogen-bond donors (Lipinski definition) is 3. The summed E-state index contributed by atoms with van der Waals surface area (Å²) in [6.45, 7) is 3.31. The van der Waals surface area contributed by atoms with Crippen LogP contribution in [0.3, 0.4) is 0 Å². The zero-order valence-corrected chi connectivity index (χ0v) is 19.0. The van der Waals surface area contributed by atoms with E-state index in [4.69, 9.17) is 4.74 Å². The summed E-state index contributed by atoms with van der Waals surface area (Å²) in [5.74, 6) is 0.230. The molecule has 0 aliphatic carbocycles. The molecular weight excluding hydrogens is 518 g/mol. The highest BCUT2D eigenvalue weighted by Gasteiger charge is 2.29. The van der Waals surface area contributed by atoms with Gasteiger partial charge in [-0.05, 0) is 25.5 Å². The maximum Gasteiger partial charge on any atom is 0.422 e. The first-order valence-corrected chi connectivity index (χ1v) is 9.09. The SMILES string of the molecule is CCNC(=NCc1ccc(C)cc1OCC(F)(F)F)NCCN1C(=O)CNC1=O.I. The molecule has 0 saturated carbocycles. The van der Waals surface area contributed by atoms with Crippen molar-refractivity contribution in [2.75, 3.05) is 32.8 Å². The Balaban J connectivity index is 0.00000450. The molecule has 1 heterocycles. The van der Waals surface area contributed by atoms with Gasteiger partial charge in [-0.1, -0.05) is 12.1 Å². The summed E-state index contributed by atoms with van der Waals surface area (Å²) in [6.07, 6.45) is -4.43. The minimum atomic E-state index is -4.43. The van der Waals surface area contributed by atoms with Crippen LogP contribution in [0.25, 0.3) is 0 Å². The lowest BCUT2D eigenvalue weighted by Gasteiger charge is -2.16. The highest BCUT2D eigenvalue weighted by Crippen LogP contribution is 2.24. The number of hydrogen-bond acceptors (Lipinski definition) is 4. The van der Waals surface area contributed by atoms with Crippen molar-refractivity contribution < 1.29 is 27.5 Å². The first-order valence-electron chi connectivity index (χ1n) is 9.09. The maximum atomic E-state index is 12.5. The zero-order chi connectivity index (χ0) is 21.4. The van der Waals surface area contributed by atoms with Gasteiger partial charge < -0.3 is 20.7 Å². The van der Waals surface area contributed by atoms with Crippen molar-refractivity contribution in [1.82, 2.24) is 20.9 Å². The molecule has 1 aromatic rings. The van der Waals surface area contributed by atoms with Gasteiger partial charge in [-0.3, -0.25) is 9.69 Å². The molecule has 3 amide bonds. The number of urea groups is 1.